The summed E-state index contributed by atoms with van der Waals surface area (Å²) < 4.78 is 5.28. The number of aliphatic hydroxyl groups excluding tert-OH is 3. The largest absolute Gasteiger partial charge is 0.394 e. The van der Waals surface area contributed by atoms with Crippen LogP contribution in [-0.2, 0) is 9.53 Å². The van der Waals surface area contributed by atoms with Crippen molar-refractivity contribution in [2.45, 2.75) is 37.4 Å². The van der Waals surface area contributed by atoms with Crippen LogP contribution in [0.3, 0.4) is 0 Å². The van der Waals surface area contributed by atoms with Gasteiger partial charge in [0, 0.05) is 0 Å². The molecular weight excluding hydrogens is 234 g/mol. The Balaban J connectivity index is 2.67. The third-order valence-corrected chi connectivity index (χ3v) is 2.93. The van der Waals surface area contributed by atoms with E-state index >= 15 is 0 Å². The van der Waals surface area contributed by atoms with Crippen molar-refractivity contribution in [2.24, 2.45) is 0 Å². The maximum absolute atomic E-state index is 11.1. The van der Waals surface area contributed by atoms with Gasteiger partial charge in [-0.15, -0.1) is 0 Å². The minimum Gasteiger partial charge on any atom is -0.394 e. The molecule has 16 heavy (non-hydrogen) atoms. The Morgan fingerprint density at radius 3 is 2.56 bits per heavy atom. The van der Waals surface area contributed by atoms with Crippen molar-refractivity contribution in [2.75, 3.05) is 12.4 Å². The van der Waals surface area contributed by atoms with Gasteiger partial charge in [-0.05, 0) is 6.92 Å². The molecule has 1 heterocycles. The van der Waals surface area contributed by atoms with Gasteiger partial charge in [0.1, 0.15) is 18.3 Å². The molecule has 0 aliphatic carbocycles. The quantitative estimate of drug-likeness (QED) is 0.370. The molecule has 0 saturated carbocycles. The molecule has 1 rings (SSSR count). The van der Waals surface area contributed by atoms with Gasteiger partial charge in [0.15, 0.2) is 0 Å². The lowest BCUT2D eigenvalue weighted by Crippen LogP contribution is -2.63. The average Bonchev–Trinajstić information content (AvgIpc) is 2.28. The van der Waals surface area contributed by atoms with E-state index in [0.29, 0.717) is 0 Å². The van der Waals surface area contributed by atoms with Crippen molar-refractivity contribution in [1.29, 1.82) is 0 Å². The zero-order valence-corrected chi connectivity index (χ0v) is 9.80. The molecule has 0 aromatic heterocycles. The summed E-state index contributed by atoms with van der Waals surface area (Å²) >= 11 is 3.80. The van der Waals surface area contributed by atoms with Gasteiger partial charge >= 0.3 is 0 Å². The first-order valence-corrected chi connectivity index (χ1v) is 5.67. The zero-order valence-electron chi connectivity index (χ0n) is 8.91. The highest BCUT2D eigenvalue weighted by Gasteiger charge is 2.42. The van der Waals surface area contributed by atoms with Crippen LogP contribution in [0.4, 0.5) is 0 Å². The molecule has 4 N–H and O–H groups in total. The van der Waals surface area contributed by atoms with Crippen LogP contribution < -0.4 is 5.32 Å². The molecule has 94 valence electrons. The van der Waals surface area contributed by atoms with E-state index in [0.717, 1.165) is 0 Å². The molecule has 7 heteroatoms. The Kier molecular flexibility index (Phi) is 5.00. The number of carbonyl (C=O) groups excluding carboxylic acids is 1. The van der Waals surface area contributed by atoms with Gasteiger partial charge in [-0.2, -0.15) is 12.6 Å². The minimum absolute atomic E-state index is 0.00450. The van der Waals surface area contributed by atoms with Gasteiger partial charge in [0.25, 0.3) is 0 Å². The van der Waals surface area contributed by atoms with E-state index in [2.05, 4.69) is 17.9 Å². The van der Waals surface area contributed by atoms with Gasteiger partial charge in [-0.3, -0.25) is 4.79 Å². The SMILES string of the molecule is C[C@@H]1OC(CO)[C@H](O)[C@H](O)C1NC(=O)CS. The molecule has 0 aromatic rings. The summed E-state index contributed by atoms with van der Waals surface area (Å²) in [5, 5.41) is 30.8. The van der Waals surface area contributed by atoms with Crippen molar-refractivity contribution >= 4 is 18.5 Å². The number of hydrogen-bond acceptors (Lipinski definition) is 6. The summed E-state index contributed by atoms with van der Waals surface area (Å²) in [6.07, 6.45) is -3.69. The minimum atomic E-state index is -1.22. The van der Waals surface area contributed by atoms with Gasteiger partial charge in [-0.1, -0.05) is 0 Å². The van der Waals surface area contributed by atoms with Crippen molar-refractivity contribution in [3.63, 3.8) is 0 Å². The third-order valence-electron chi connectivity index (χ3n) is 2.65. The van der Waals surface area contributed by atoms with Gasteiger partial charge in [-0.25, -0.2) is 0 Å². The molecule has 5 atom stereocenters. The molecule has 0 spiro atoms. The van der Waals surface area contributed by atoms with Crippen LogP contribution in [0.1, 0.15) is 6.92 Å². The van der Waals surface area contributed by atoms with E-state index < -0.39 is 30.5 Å². The Hall–Kier alpha value is -0.340. The second-order valence-corrected chi connectivity index (χ2v) is 4.11. The van der Waals surface area contributed by atoms with Crippen LogP contribution in [-0.4, -0.2) is 64.0 Å². The van der Waals surface area contributed by atoms with Gasteiger partial charge in [0.2, 0.25) is 5.91 Å². The van der Waals surface area contributed by atoms with E-state index in [4.69, 9.17) is 9.84 Å². The molecule has 1 aliphatic heterocycles. The fourth-order valence-electron chi connectivity index (χ4n) is 1.74. The number of thiol groups is 1. The summed E-state index contributed by atoms with van der Waals surface area (Å²) in [5.41, 5.74) is 0. The summed E-state index contributed by atoms with van der Waals surface area (Å²) in [7, 11) is 0. The summed E-state index contributed by atoms with van der Waals surface area (Å²) in [5.74, 6) is -0.354. The summed E-state index contributed by atoms with van der Waals surface area (Å²) in [6.45, 7) is 1.27. The van der Waals surface area contributed by atoms with Crippen molar-refractivity contribution in [1.82, 2.24) is 5.32 Å². The number of rotatable bonds is 3. The molecular formula is C9H17NO5S. The lowest BCUT2D eigenvalue weighted by Gasteiger charge is -2.41. The van der Waals surface area contributed by atoms with Crippen LogP contribution in [0.5, 0.6) is 0 Å². The first-order chi connectivity index (χ1) is 7.51. The predicted molar refractivity (Wildman–Crippen MR) is 59.2 cm³/mol. The van der Waals surface area contributed by atoms with Gasteiger partial charge in [0.05, 0.1) is 24.5 Å². The Morgan fingerprint density at radius 1 is 1.44 bits per heavy atom. The topological polar surface area (TPSA) is 99.0 Å². The molecule has 0 aromatic carbocycles. The number of nitrogens with one attached hydrogen (secondary N) is 1. The lowest BCUT2D eigenvalue weighted by molar-refractivity contribution is -0.190. The normalized spacial score (nSPS) is 39.4. The average molecular weight is 251 g/mol. The number of ether oxygens (including phenoxy) is 1. The smallest absolute Gasteiger partial charge is 0.230 e. The first-order valence-electron chi connectivity index (χ1n) is 5.04. The standard InChI is InChI=1S/C9H17NO5S/c1-4-7(10-6(12)3-16)9(14)8(13)5(2-11)15-4/h4-5,7-9,11,13-14,16H,2-3H2,1H3,(H,10,12)/t4-,5?,7?,8-,9+/m0/s1. The number of amides is 1. The van der Waals surface area contributed by atoms with Crippen molar-refractivity contribution in [3.8, 4) is 0 Å². The Morgan fingerprint density at radius 2 is 2.06 bits per heavy atom. The summed E-state index contributed by atoms with van der Waals surface area (Å²) in [6, 6.07) is -0.697. The fourth-order valence-corrected chi connectivity index (χ4v) is 1.83. The molecule has 1 saturated heterocycles. The van der Waals surface area contributed by atoms with E-state index in [1.807, 2.05) is 0 Å². The second-order valence-electron chi connectivity index (χ2n) is 3.79. The molecule has 1 amide bonds. The Labute approximate surface area is 99.0 Å². The Bertz CT molecular complexity index is 252. The number of aliphatic hydroxyl groups is 3. The number of hydrogen-bond donors (Lipinski definition) is 5. The molecule has 2 unspecified atom stereocenters. The maximum Gasteiger partial charge on any atom is 0.230 e. The highest BCUT2D eigenvalue weighted by molar-refractivity contribution is 7.81. The van der Waals surface area contributed by atoms with Crippen LogP contribution in [0, 0.1) is 0 Å². The fraction of sp³-hybridized carbons (Fsp3) is 0.889. The third kappa shape index (κ3) is 2.86. The highest BCUT2D eigenvalue weighted by atomic mass is 32.1. The summed E-state index contributed by atoms with van der Waals surface area (Å²) in [4.78, 5) is 11.1. The van der Waals surface area contributed by atoms with Crippen LogP contribution in [0.15, 0.2) is 0 Å². The monoisotopic (exact) mass is 251 g/mol. The van der Waals surface area contributed by atoms with E-state index in [9.17, 15) is 15.0 Å². The van der Waals surface area contributed by atoms with E-state index in [-0.39, 0.29) is 18.3 Å². The molecule has 6 nitrogen and oxygen atoms in total. The molecule has 1 aliphatic rings. The van der Waals surface area contributed by atoms with Crippen LogP contribution in [0.2, 0.25) is 0 Å². The first kappa shape index (κ1) is 13.7. The molecule has 0 radical (unpaired) electrons. The van der Waals surface area contributed by atoms with Crippen LogP contribution in [0.25, 0.3) is 0 Å². The van der Waals surface area contributed by atoms with Crippen molar-refractivity contribution < 1.29 is 24.9 Å². The second kappa shape index (κ2) is 5.83. The van der Waals surface area contributed by atoms with Gasteiger partial charge < -0.3 is 25.4 Å². The van der Waals surface area contributed by atoms with E-state index in [1.54, 1.807) is 6.92 Å². The maximum atomic E-state index is 11.1. The molecule has 1 fully saturated rings. The van der Waals surface area contributed by atoms with E-state index in [1.165, 1.54) is 0 Å². The predicted octanol–water partition coefficient (Wildman–Crippen LogP) is -2.10. The highest BCUT2D eigenvalue weighted by Crippen LogP contribution is 2.20. The molecule has 0 bridgehead atoms. The van der Waals surface area contributed by atoms with Crippen LogP contribution >= 0.6 is 12.6 Å². The zero-order chi connectivity index (χ0) is 12.3. The lowest BCUT2D eigenvalue weighted by atomic mass is 9.93. The number of carbonyl (C=O) groups is 1. The van der Waals surface area contributed by atoms with Crippen molar-refractivity contribution in [3.05, 3.63) is 0 Å².